The Morgan fingerprint density at radius 1 is 0.778 bits per heavy atom. The topological polar surface area (TPSA) is 20.2 Å². The van der Waals surface area contributed by atoms with Crippen molar-refractivity contribution >= 4 is 24.8 Å². The van der Waals surface area contributed by atoms with Crippen LogP contribution < -0.4 is 0 Å². The van der Waals surface area contributed by atoms with Crippen LogP contribution >= 0.6 is 24.8 Å². The minimum Gasteiger partial charge on any atom is -0.508 e. The lowest BCUT2D eigenvalue weighted by atomic mass is 10.2. The molecule has 2 aromatic carbocycles. The fourth-order valence-electron chi connectivity index (χ4n) is 1.14. The van der Waals surface area contributed by atoms with Gasteiger partial charge in [-0.25, -0.2) is 0 Å². The third-order valence-electron chi connectivity index (χ3n) is 2.01. The van der Waals surface area contributed by atoms with Gasteiger partial charge in [0.05, 0.1) is 0 Å². The Morgan fingerprint density at radius 3 is 1.39 bits per heavy atom. The maximum atomic E-state index is 8.63. The van der Waals surface area contributed by atoms with Gasteiger partial charge in [-0.05, 0) is 24.1 Å². The first-order valence-corrected chi connectivity index (χ1v) is 5.11. The Labute approximate surface area is 123 Å². The van der Waals surface area contributed by atoms with Crippen molar-refractivity contribution in [2.24, 2.45) is 0 Å². The van der Waals surface area contributed by atoms with E-state index in [1.165, 1.54) is 5.56 Å². The molecule has 1 nitrogen and oxygen atoms in total. The molecule has 18 heavy (non-hydrogen) atoms. The van der Waals surface area contributed by atoms with Crippen molar-refractivity contribution in [1.29, 1.82) is 0 Å². The van der Waals surface area contributed by atoms with E-state index in [1.54, 1.807) is 24.3 Å². The molecule has 0 radical (unpaired) electrons. The monoisotopic (exact) mass is 288 g/mol. The third kappa shape index (κ3) is 10.0. The Morgan fingerprint density at radius 2 is 1.17 bits per heavy atom. The second-order valence-electron chi connectivity index (χ2n) is 3.17. The van der Waals surface area contributed by atoms with E-state index in [2.05, 4.69) is 31.2 Å². The summed E-state index contributed by atoms with van der Waals surface area (Å²) in [5.41, 5.74) is 1.41. The van der Waals surface area contributed by atoms with Gasteiger partial charge in [0, 0.05) is 0 Å². The lowest BCUT2D eigenvalue weighted by Gasteiger charge is -1.89. The Hall–Kier alpha value is -1.18. The predicted molar refractivity (Wildman–Crippen MR) is 85.2 cm³/mol. The number of aryl methyl sites for hydroxylation is 1. The number of halogens is 2. The van der Waals surface area contributed by atoms with Crippen LogP contribution in [0.3, 0.4) is 0 Å². The average Bonchev–Trinajstić information content (AvgIpc) is 2.32. The molecule has 0 amide bonds. The predicted octanol–water partition coefficient (Wildman–Crippen LogP) is 5.12. The van der Waals surface area contributed by atoms with Crippen LogP contribution in [0.5, 0.6) is 5.75 Å². The van der Waals surface area contributed by atoms with Crippen molar-refractivity contribution in [2.75, 3.05) is 0 Å². The molecule has 0 aliphatic rings. The van der Waals surface area contributed by atoms with Gasteiger partial charge >= 0.3 is 0 Å². The zero-order valence-corrected chi connectivity index (χ0v) is 11.4. The fraction of sp³-hybridized carbons (Fsp3) is 0.200. The van der Waals surface area contributed by atoms with Crippen LogP contribution in [0.15, 0.2) is 60.7 Å². The van der Waals surface area contributed by atoms with Crippen LogP contribution in [0, 0.1) is 0 Å². The van der Waals surface area contributed by atoms with Crippen molar-refractivity contribution in [3.05, 3.63) is 66.2 Å². The molecule has 1 N–H and O–H groups in total. The first-order valence-electron chi connectivity index (χ1n) is 5.11. The highest BCUT2D eigenvalue weighted by molar-refractivity contribution is 5.85. The van der Waals surface area contributed by atoms with E-state index in [0.717, 1.165) is 6.42 Å². The molecule has 0 saturated carbocycles. The summed E-state index contributed by atoms with van der Waals surface area (Å²) in [6.45, 7) is 2.16. The first kappa shape index (κ1) is 22.0. The highest BCUT2D eigenvalue weighted by Crippen LogP contribution is 2.02. The van der Waals surface area contributed by atoms with Crippen LogP contribution in [0.2, 0.25) is 0 Å². The Bertz CT molecular complexity index is 363. The molecular weight excluding hydrogens is 267 g/mol. The molecule has 0 saturated heterocycles. The van der Waals surface area contributed by atoms with Gasteiger partial charge in [0.15, 0.2) is 0 Å². The molecular formula is C15H22Cl2O. The maximum Gasteiger partial charge on any atom is 0.115 e. The van der Waals surface area contributed by atoms with E-state index in [-0.39, 0.29) is 32.2 Å². The van der Waals surface area contributed by atoms with Crippen LogP contribution in [-0.4, -0.2) is 5.11 Å². The van der Waals surface area contributed by atoms with Crippen LogP contribution in [0.4, 0.5) is 0 Å². The molecule has 102 valence electrons. The molecule has 0 heterocycles. The standard InChI is InChI=1S/C8H10.C6H6O.CH4.2ClH/c1-2-8-6-4-3-5-7-8;7-6-4-2-1-3-5-6;;;/h3-7H,2H2,1H3;1-5,7H;1H4;2*1H. The summed E-state index contributed by atoms with van der Waals surface area (Å²) in [6, 6.07) is 19.2. The number of phenols is 1. The summed E-state index contributed by atoms with van der Waals surface area (Å²) < 4.78 is 0. The molecule has 0 bridgehead atoms. The maximum absolute atomic E-state index is 8.63. The number of rotatable bonds is 1. The molecule has 3 heteroatoms. The fourth-order valence-corrected chi connectivity index (χ4v) is 1.14. The largest absolute Gasteiger partial charge is 0.508 e. The average molecular weight is 289 g/mol. The number of hydrogen-bond acceptors (Lipinski definition) is 1. The van der Waals surface area contributed by atoms with Gasteiger partial charge in [-0.15, -0.1) is 24.8 Å². The summed E-state index contributed by atoms with van der Waals surface area (Å²) in [6.07, 6.45) is 1.14. The van der Waals surface area contributed by atoms with Gasteiger partial charge < -0.3 is 5.11 Å². The number of aromatic hydroxyl groups is 1. The van der Waals surface area contributed by atoms with Crippen molar-refractivity contribution in [3.8, 4) is 5.75 Å². The van der Waals surface area contributed by atoms with Gasteiger partial charge in [0.1, 0.15) is 5.75 Å². The van der Waals surface area contributed by atoms with Crippen molar-refractivity contribution in [3.63, 3.8) is 0 Å². The summed E-state index contributed by atoms with van der Waals surface area (Å²) in [7, 11) is 0. The van der Waals surface area contributed by atoms with Crippen molar-refractivity contribution in [1.82, 2.24) is 0 Å². The Kier molecular flexibility index (Phi) is 17.0. The molecule has 2 aromatic rings. The van der Waals surface area contributed by atoms with Crippen molar-refractivity contribution < 1.29 is 5.11 Å². The van der Waals surface area contributed by atoms with E-state index >= 15 is 0 Å². The number of para-hydroxylation sites is 1. The molecule has 0 aromatic heterocycles. The molecule has 2 rings (SSSR count). The molecule has 0 atom stereocenters. The van der Waals surface area contributed by atoms with Crippen LogP contribution in [0.25, 0.3) is 0 Å². The quantitative estimate of drug-likeness (QED) is 0.772. The molecule has 0 unspecified atom stereocenters. The summed E-state index contributed by atoms with van der Waals surface area (Å²) in [4.78, 5) is 0. The number of benzene rings is 2. The first-order chi connectivity index (χ1) is 7.33. The van der Waals surface area contributed by atoms with Gasteiger partial charge in [-0.2, -0.15) is 0 Å². The molecule has 0 fully saturated rings. The normalized spacial score (nSPS) is 7.39. The molecule has 0 spiro atoms. The van der Waals surface area contributed by atoms with Crippen LogP contribution in [0.1, 0.15) is 19.9 Å². The minimum absolute atomic E-state index is 0. The third-order valence-corrected chi connectivity index (χ3v) is 2.01. The summed E-state index contributed by atoms with van der Waals surface area (Å²) >= 11 is 0. The van der Waals surface area contributed by atoms with E-state index in [0.29, 0.717) is 5.75 Å². The second kappa shape index (κ2) is 13.9. The van der Waals surface area contributed by atoms with E-state index < -0.39 is 0 Å². The van der Waals surface area contributed by atoms with E-state index in [1.807, 2.05) is 12.1 Å². The lowest BCUT2D eigenvalue weighted by Crippen LogP contribution is -1.73. The van der Waals surface area contributed by atoms with E-state index in [4.69, 9.17) is 5.11 Å². The van der Waals surface area contributed by atoms with Gasteiger partial charge in [-0.1, -0.05) is 62.9 Å². The zero-order chi connectivity index (χ0) is 10.9. The summed E-state index contributed by atoms with van der Waals surface area (Å²) in [5, 5.41) is 8.63. The highest BCUT2D eigenvalue weighted by atomic mass is 35.5. The number of phenolic OH excluding ortho intramolecular Hbond substituents is 1. The summed E-state index contributed by atoms with van der Waals surface area (Å²) in [5.74, 6) is 0.322. The van der Waals surface area contributed by atoms with Crippen LogP contribution in [-0.2, 0) is 6.42 Å². The highest BCUT2D eigenvalue weighted by Gasteiger charge is 1.80. The van der Waals surface area contributed by atoms with Crippen molar-refractivity contribution in [2.45, 2.75) is 20.8 Å². The zero-order valence-electron chi connectivity index (χ0n) is 9.74. The lowest BCUT2D eigenvalue weighted by molar-refractivity contribution is 0.475. The van der Waals surface area contributed by atoms with Gasteiger partial charge in [-0.3, -0.25) is 0 Å². The molecule has 0 aliphatic heterocycles. The SMILES string of the molecule is C.CCc1ccccc1.Cl.Cl.Oc1ccccc1. The number of hydrogen-bond donors (Lipinski definition) is 1. The van der Waals surface area contributed by atoms with E-state index in [9.17, 15) is 0 Å². The minimum atomic E-state index is 0. The van der Waals surface area contributed by atoms with Gasteiger partial charge in [0.2, 0.25) is 0 Å². The molecule has 0 aliphatic carbocycles. The second-order valence-corrected chi connectivity index (χ2v) is 3.17. The smallest absolute Gasteiger partial charge is 0.115 e. The van der Waals surface area contributed by atoms with Gasteiger partial charge in [0.25, 0.3) is 0 Å². The Balaban J connectivity index is -0.000000215.